The number of carbonyl (C=O) groups excluding carboxylic acids is 1. The van der Waals surface area contributed by atoms with Crippen LogP contribution in [0.2, 0.25) is 5.02 Å². The third-order valence-electron chi connectivity index (χ3n) is 7.80. The molecule has 42 heavy (non-hydrogen) atoms. The van der Waals surface area contributed by atoms with E-state index >= 15 is 0 Å². The number of esters is 1. The first kappa shape index (κ1) is 29.9. The van der Waals surface area contributed by atoms with Crippen LogP contribution < -0.4 is 9.64 Å². The summed E-state index contributed by atoms with van der Waals surface area (Å²) in [5.74, 6) is 0.805. The van der Waals surface area contributed by atoms with Crippen LogP contribution in [0.4, 0.5) is 5.69 Å². The van der Waals surface area contributed by atoms with Gasteiger partial charge in [0.25, 0.3) is 0 Å². The third kappa shape index (κ3) is 7.26. The Labute approximate surface area is 254 Å². The van der Waals surface area contributed by atoms with Crippen molar-refractivity contribution in [2.45, 2.75) is 45.6 Å². The van der Waals surface area contributed by atoms with Gasteiger partial charge in [-0.05, 0) is 109 Å². The van der Waals surface area contributed by atoms with E-state index < -0.39 is 5.60 Å². The van der Waals surface area contributed by atoms with Gasteiger partial charge >= 0.3 is 5.97 Å². The topological polar surface area (TPSA) is 48.0 Å². The van der Waals surface area contributed by atoms with Gasteiger partial charge in [0.1, 0.15) is 11.4 Å². The molecule has 0 radical (unpaired) electrons. The van der Waals surface area contributed by atoms with Crippen LogP contribution in [0.25, 0.3) is 17.2 Å². The Bertz CT molecular complexity index is 1440. The number of methoxy groups -OCH3 is 1. The van der Waals surface area contributed by atoms with Crippen LogP contribution in [0.5, 0.6) is 5.75 Å². The molecule has 3 aromatic rings. The van der Waals surface area contributed by atoms with Crippen molar-refractivity contribution in [1.29, 1.82) is 0 Å². The monoisotopic (exact) mass is 585 g/mol. The zero-order valence-corrected chi connectivity index (χ0v) is 25.7. The molecule has 0 unspecified atom stereocenters. The molecule has 0 N–H and O–H groups in total. The Morgan fingerprint density at radius 1 is 0.952 bits per heavy atom. The molecule has 1 saturated carbocycles. The summed E-state index contributed by atoms with van der Waals surface area (Å²) in [6.45, 7) is 8.90. The predicted octanol–water partition coefficient (Wildman–Crippen LogP) is 8.30. The lowest BCUT2D eigenvalue weighted by molar-refractivity contribution is -0.148. The molecule has 3 aromatic carbocycles. The summed E-state index contributed by atoms with van der Waals surface area (Å²) in [6.07, 6.45) is 6.75. The summed E-state index contributed by atoms with van der Waals surface area (Å²) in [7, 11) is 1.66. The number of halogens is 1. The molecule has 220 valence electrons. The number of anilines is 1. The van der Waals surface area contributed by atoms with Crippen molar-refractivity contribution in [3.63, 3.8) is 0 Å². The predicted molar refractivity (Wildman–Crippen MR) is 172 cm³/mol. The highest BCUT2D eigenvalue weighted by Crippen LogP contribution is 2.47. The summed E-state index contributed by atoms with van der Waals surface area (Å²) < 4.78 is 16.4. The first-order chi connectivity index (χ1) is 20.2. The molecule has 0 amide bonds. The van der Waals surface area contributed by atoms with Gasteiger partial charge in [-0.15, -0.1) is 0 Å². The van der Waals surface area contributed by atoms with E-state index in [0.717, 1.165) is 67.1 Å². The number of rotatable bonds is 8. The van der Waals surface area contributed by atoms with Crippen LogP contribution in [-0.4, -0.2) is 45.0 Å². The summed E-state index contributed by atoms with van der Waals surface area (Å²) in [5, 5.41) is 0.690. The highest BCUT2D eigenvalue weighted by molar-refractivity contribution is 6.33. The fourth-order valence-corrected chi connectivity index (χ4v) is 5.77. The Hall–Kier alpha value is -3.54. The van der Waals surface area contributed by atoms with Crippen molar-refractivity contribution >= 4 is 40.5 Å². The van der Waals surface area contributed by atoms with Crippen LogP contribution in [0.1, 0.15) is 62.3 Å². The SMILES string of the molecule is COc1ccc(C(=C(c2ccc(C=CC(=O)OC(C)(C)C)cc2)c2ccc(N3CCOCC3)cc2)C2CCC2)c(Cl)c1. The molecule has 2 aliphatic rings. The second-order valence-corrected chi connectivity index (χ2v) is 12.3. The lowest BCUT2D eigenvalue weighted by Crippen LogP contribution is -2.36. The number of hydrogen-bond acceptors (Lipinski definition) is 5. The van der Waals surface area contributed by atoms with Gasteiger partial charge in [-0.25, -0.2) is 4.79 Å². The molecule has 2 fully saturated rings. The van der Waals surface area contributed by atoms with E-state index in [1.807, 2.05) is 45.0 Å². The average molecular weight is 586 g/mol. The first-order valence-electron chi connectivity index (χ1n) is 14.7. The van der Waals surface area contributed by atoms with Crippen molar-refractivity contribution in [1.82, 2.24) is 0 Å². The molecule has 6 heteroatoms. The fourth-order valence-electron chi connectivity index (χ4n) is 5.50. The van der Waals surface area contributed by atoms with Crippen molar-refractivity contribution < 1.29 is 19.0 Å². The van der Waals surface area contributed by atoms with E-state index in [9.17, 15) is 4.79 Å². The van der Waals surface area contributed by atoms with Gasteiger partial charge < -0.3 is 19.1 Å². The molecule has 1 heterocycles. The second-order valence-electron chi connectivity index (χ2n) is 11.9. The van der Waals surface area contributed by atoms with Crippen molar-refractivity contribution in [2.24, 2.45) is 5.92 Å². The largest absolute Gasteiger partial charge is 0.497 e. The van der Waals surface area contributed by atoms with Crippen molar-refractivity contribution in [3.05, 3.63) is 100 Å². The maximum absolute atomic E-state index is 12.2. The smallest absolute Gasteiger partial charge is 0.331 e. The summed E-state index contributed by atoms with van der Waals surface area (Å²) >= 11 is 6.93. The van der Waals surface area contributed by atoms with Crippen LogP contribution in [0, 0.1) is 5.92 Å². The highest BCUT2D eigenvalue weighted by atomic mass is 35.5. The Kier molecular flexibility index (Phi) is 9.40. The van der Waals surface area contributed by atoms with Gasteiger partial charge in [-0.3, -0.25) is 0 Å². The van der Waals surface area contributed by atoms with Gasteiger partial charge in [0.2, 0.25) is 0 Å². The number of ether oxygens (including phenoxy) is 3. The minimum Gasteiger partial charge on any atom is -0.497 e. The Morgan fingerprint density at radius 2 is 1.60 bits per heavy atom. The van der Waals surface area contributed by atoms with Gasteiger partial charge in [0.15, 0.2) is 0 Å². The minimum absolute atomic E-state index is 0.353. The number of carbonyl (C=O) groups is 1. The number of benzene rings is 3. The van der Waals surface area contributed by atoms with Gasteiger partial charge in [0, 0.05) is 24.9 Å². The zero-order chi connectivity index (χ0) is 29.7. The van der Waals surface area contributed by atoms with E-state index in [1.165, 1.54) is 29.3 Å². The Balaban J connectivity index is 1.57. The van der Waals surface area contributed by atoms with Gasteiger partial charge in [0.05, 0.1) is 25.3 Å². The molecule has 1 saturated heterocycles. The maximum Gasteiger partial charge on any atom is 0.331 e. The van der Waals surface area contributed by atoms with Crippen LogP contribution >= 0.6 is 11.6 Å². The normalized spacial score (nSPS) is 16.6. The van der Waals surface area contributed by atoms with E-state index in [1.54, 1.807) is 13.2 Å². The first-order valence-corrected chi connectivity index (χ1v) is 15.1. The molecular formula is C36H40ClNO4. The van der Waals surface area contributed by atoms with Crippen LogP contribution in [-0.2, 0) is 14.3 Å². The molecule has 1 aliphatic heterocycles. The van der Waals surface area contributed by atoms with E-state index in [-0.39, 0.29) is 5.97 Å². The van der Waals surface area contributed by atoms with E-state index in [4.69, 9.17) is 25.8 Å². The summed E-state index contributed by atoms with van der Waals surface area (Å²) in [5.41, 5.74) is 7.37. The lowest BCUT2D eigenvalue weighted by Gasteiger charge is -2.32. The maximum atomic E-state index is 12.2. The van der Waals surface area contributed by atoms with E-state index in [0.29, 0.717) is 10.9 Å². The number of morpholine rings is 1. The highest BCUT2D eigenvalue weighted by Gasteiger charge is 2.29. The van der Waals surface area contributed by atoms with Crippen LogP contribution in [0.3, 0.4) is 0 Å². The number of allylic oxidation sites excluding steroid dienone is 1. The lowest BCUT2D eigenvalue weighted by atomic mass is 9.73. The standard InChI is InChI=1S/C36H40ClNO4/c1-36(2,3)42-33(39)19-10-25-8-11-27(12-9-25)34(28-13-15-29(16-14-28)38-20-22-41-23-21-38)35(26-6-5-7-26)31-18-17-30(40-4)24-32(31)37/h8-19,24,26H,5-7,20-23H2,1-4H3. The minimum atomic E-state index is -0.525. The molecule has 5 nitrogen and oxygen atoms in total. The quantitative estimate of drug-likeness (QED) is 0.151. The number of hydrogen-bond donors (Lipinski definition) is 0. The molecular weight excluding hydrogens is 546 g/mol. The summed E-state index contributed by atoms with van der Waals surface area (Å²) in [4.78, 5) is 14.6. The second kappa shape index (κ2) is 13.2. The van der Waals surface area contributed by atoms with Gasteiger partial charge in [-0.2, -0.15) is 0 Å². The molecule has 0 bridgehead atoms. The average Bonchev–Trinajstić information content (AvgIpc) is 2.95. The van der Waals surface area contributed by atoms with Crippen LogP contribution in [0.15, 0.2) is 72.8 Å². The van der Waals surface area contributed by atoms with E-state index in [2.05, 4.69) is 47.4 Å². The van der Waals surface area contributed by atoms with Crippen molar-refractivity contribution in [2.75, 3.05) is 38.3 Å². The Morgan fingerprint density at radius 3 is 2.14 bits per heavy atom. The molecule has 1 aliphatic carbocycles. The molecule has 0 spiro atoms. The molecule has 0 aromatic heterocycles. The van der Waals surface area contributed by atoms with Gasteiger partial charge in [-0.1, -0.05) is 54.4 Å². The summed E-state index contributed by atoms with van der Waals surface area (Å²) in [6, 6.07) is 23.2. The molecule has 5 rings (SSSR count). The number of nitrogens with zero attached hydrogens (tertiary/aromatic N) is 1. The molecule has 0 atom stereocenters. The zero-order valence-electron chi connectivity index (χ0n) is 25.0. The fraction of sp³-hybridized carbons (Fsp3) is 0.361. The van der Waals surface area contributed by atoms with Crippen molar-refractivity contribution in [3.8, 4) is 5.75 Å². The third-order valence-corrected chi connectivity index (χ3v) is 8.11.